The van der Waals surface area contributed by atoms with Gasteiger partial charge >= 0.3 is 0 Å². The van der Waals surface area contributed by atoms with Gasteiger partial charge in [0.2, 0.25) is 5.91 Å². The van der Waals surface area contributed by atoms with E-state index in [0.29, 0.717) is 35.6 Å². The summed E-state index contributed by atoms with van der Waals surface area (Å²) in [6, 6.07) is 4.95. The zero-order valence-corrected chi connectivity index (χ0v) is 13.7. The van der Waals surface area contributed by atoms with Crippen LogP contribution in [0.4, 0.5) is 0 Å². The number of halogens is 1. The van der Waals surface area contributed by atoms with Crippen molar-refractivity contribution in [3.63, 3.8) is 0 Å². The Labute approximate surface area is 132 Å². The van der Waals surface area contributed by atoms with Gasteiger partial charge in [0.05, 0.1) is 24.1 Å². The first-order valence-electron chi connectivity index (χ1n) is 6.67. The van der Waals surface area contributed by atoms with E-state index in [4.69, 9.17) is 9.47 Å². The zero-order chi connectivity index (χ0) is 15.7. The van der Waals surface area contributed by atoms with Gasteiger partial charge in [-0.3, -0.25) is 20.4 Å². The molecule has 0 radical (unpaired) electrons. The van der Waals surface area contributed by atoms with Gasteiger partial charge in [-0.15, -0.1) is 0 Å². The van der Waals surface area contributed by atoms with Crippen LogP contribution in [0.15, 0.2) is 22.7 Å². The molecule has 0 aliphatic heterocycles. The molecular formula is C14H19BrN2O4. The summed E-state index contributed by atoms with van der Waals surface area (Å²) in [5, 5.41) is 0. The smallest absolute Gasteiger partial charge is 0.269 e. The number of benzene rings is 1. The molecule has 1 aromatic carbocycles. The Kier molecular flexibility index (Phi) is 7.78. The number of carbonyl (C=O) groups excluding carboxylic acids is 2. The highest BCUT2D eigenvalue weighted by molar-refractivity contribution is 9.10. The standard InChI is InChI=1S/C14H19BrN2O4/c1-3-20-8-7-13(18)16-17-14(19)10-5-6-12(21-4-2)11(15)9-10/h5-6,9H,3-4,7-8H2,1-2H3,(H,16,18)(H,17,19). The summed E-state index contributed by atoms with van der Waals surface area (Å²) in [7, 11) is 0. The lowest BCUT2D eigenvalue weighted by atomic mass is 10.2. The van der Waals surface area contributed by atoms with E-state index in [9.17, 15) is 9.59 Å². The molecule has 6 nitrogen and oxygen atoms in total. The summed E-state index contributed by atoms with van der Waals surface area (Å²) in [5.74, 6) is -0.0416. The Morgan fingerprint density at radius 3 is 2.57 bits per heavy atom. The molecule has 2 N–H and O–H groups in total. The Morgan fingerprint density at radius 1 is 1.19 bits per heavy atom. The molecular weight excluding hydrogens is 340 g/mol. The number of amides is 2. The topological polar surface area (TPSA) is 76.7 Å². The predicted molar refractivity (Wildman–Crippen MR) is 82.0 cm³/mol. The molecule has 0 spiro atoms. The highest BCUT2D eigenvalue weighted by Crippen LogP contribution is 2.25. The predicted octanol–water partition coefficient (Wildman–Crippen LogP) is 2.04. The van der Waals surface area contributed by atoms with E-state index in [2.05, 4.69) is 26.8 Å². The summed E-state index contributed by atoms with van der Waals surface area (Å²) >= 11 is 3.33. The Balaban J connectivity index is 2.48. The quantitative estimate of drug-likeness (QED) is 0.577. The van der Waals surface area contributed by atoms with E-state index in [1.54, 1.807) is 18.2 Å². The average molecular weight is 359 g/mol. The number of hydrogen-bond donors (Lipinski definition) is 2. The first-order chi connectivity index (χ1) is 10.1. The Bertz CT molecular complexity index is 494. The van der Waals surface area contributed by atoms with Gasteiger partial charge in [0, 0.05) is 12.2 Å². The minimum absolute atomic E-state index is 0.196. The molecule has 0 aliphatic rings. The molecule has 0 bridgehead atoms. The van der Waals surface area contributed by atoms with Crippen molar-refractivity contribution in [3.05, 3.63) is 28.2 Å². The summed E-state index contributed by atoms with van der Waals surface area (Å²) in [6.07, 6.45) is 0.196. The van der Waals surface area contributed by atoms with Gasteiger partial charge in [0.1, 0.15) is 5.75 Å². The van der Waals surface area contributed by atoms with E-state index in [1.807, 2.05) is 13.8 Å². The summed E-state index contributed by atoms with van der Waals surface area (Å²) in [4.78, 5) is 23.3. The molecule has 1 rings (SSSR count). The fourth-order valence-corrected chi connectivity index (χ4v) is 1.98. The van der Waals surface area contributed by atoms with Crippen molar-refractivity contribution in [1.82, 2.24) is 10.9 Å². The monoisotopic (exact) mass is 358 g/mol. The largest absolute Gasteiger partial charge is 0.493 e. The van der Waals surface area contributed by atoms with Gasteiger partial charge in [-0.25, -0.2) is 0 Å². The van der Waals surface area contributed by atoms with Crippen LogP contribution in [0.3, 0.4) is 0 Å². The second-order valence-corrected chi connectivity index (χ2v) is 4.88. The Hall–Kier alpha value is -1.60. The third kappa shape index (κ3) is 6.14. The normalized spacial score (nSPS) is 10.0. The molecule has 7 heteroatoms. The number of nitrogens with one attached hydrogen (secondary N) is 2. The summed E-state index contributed by atoms with van der Waals surface area (Å²) < 4.78 is 11.1. The second-order valence-electron chi connectivity index (χ2n) is 4.03. The molecule has 0 unspecified atom stereocenters. The van der Waals surface area contributed by atoms with Crippen molar-refractivity contribution in [2.75, 3.05) is 19.8 Å². The van der Waals surface area contributed by atoms with Crippen molar-refractivity contribution in [2.24, 2.45) is 0 Å². The van der Waals surface area contributed by atoms with Crippen LogP contribution in [-0.4, -0.2) is 31.6 Å². The molecule has 1 aromatic rings. The first kappa shape index (κ1) is 17.5. The average Bonchev–Trinajstić information content (AvgIpc) is 2.47. The van der Waals surface area contributed by atoms with Crippen LogP contribution >= 0.6 is 15.9 Å². The molecule has 0 aliphatic carbocycles. The molecule has 0 saturated heterocycles. The third-order valence-electron chi connectivity index (χ3n) is 2.49. The van der Waals surface area contributed by atoms with Gasteiger partial charge in [-0.2, -0.15) is 0 Å². The number of hydrogen-bond acceptors (Lipinski definition) is 4. The van der Waals surface area contributed by atoms with Crippen molar-refractivity contribution >= 4 is 27.7 Å². The number of rotatable bonds is 7. The maximum Gasteiger partial charge on any atom is 0.269 e. The van der Waals surface area contributed by atoms with Crippen LogP contribution in [0.1, 0.15) is 30.6 Å². The lowest BCUT2D eigenvalue weighted by Gasteiger charge is -2.09. The minimum Gasteiger partial charge on any atom is -0.493 e. The zero-order valence-electron chi connectivity index (χ0n) is 12.1. The number of carbonyl (C=O) groups is 2. The highest BCUT2D eigenvalue weighted by Gasteiger charge is 2.10. The molecule has 0 aromatic heterocycles. The van der Waals surface area contributed by atoms with Crippen LogP contribution in [0.2, 0.25) is 0 Å². The summed E-state index contributed by atoms with van der Waals surface area (Å²) in [5.41, 5.74) is 5.10. The van der Waals surface area contributed by atoms with Gasteiger partial charge in [0.25, 0.3) is 5.91 Å². The van der Waals surface area contributed by atoms with Crippen LogP contribution in [0, 0.1) is 0 Å². The van der Waals surface area contributed by atoms with Crippen LogP contribution in [-0.2, 0) is 9.53 Å². The molecule has 0 saturated carbocycles. The van der Waals surface area contributed by atoms with Gasteiger partial charge in [-0.1, -0.05) is 0 Å². The van der Waals surface area contributed by atoms with Crippen LogP contribution in [0.5, 0.6) is 5.75 Å². The van der Waals surface area contributed by atoms with E-state index in [-0.39, 0.29) is 12.3 Å². The molecule has 21 heavy (non-hydrogen) atoms. The van der Waals surface area contributed by atoms with Crippen molar-refractivity contribution in [2.45, 2.75) is 20.3 Å². The Morgan fingerprint density at radius 2 is 1.95 bits per heavy atom. The SMILES string of the molecule is CCOCCC(=O)NNC(=O)c1ccc(OCC)c(Br)c1. The van der Waals surface area contributed by atoms with Crippen molar-refractivity contribution < 1.29 is 19.1 Å². The lowest BCUT2D eigenvalue weighted by Crippen LogP contribution is -2.41. The maximum absolute atomic E-state index is 11.9. The molecule has 0 atom stereocenters. The van der Waals surface area contributed by atoms with E-state index >= 15 is 0 Å². The molecule has 0 heterocycles. The van der Waals surface area contributed by atoms with E-state index in [0.717, 1.165) is 0 Å². The number of hydrazine groups is 1. The van der Waals surface area contributed by atoms with Crippen LogP contribution in [0.25, 0.3) is 0 Å². The minimum atomic E-state index is -0.400. The summed E-state index contributed by atoms with van der Waals surface area (Å²) in [6.45, 7) is 5.15. The van der Waals surface area contributed by atoms with Gasteiger partial charge in [0.15, 0.2) is 0 Å². The van der Waals surface area contributed by atoms with Gasteiger partial charge in [-0.05, 0) is 48.0 Å². The van der Waals surface area contributed by atoms with E-state index in [1.165, 1.54) is 0 Å². The third-order valence-corrected chi connectivity index (χ3v) is 3.11. The van der Waals surface area contributed by atoms with E-state index < -0.39 is 5.91 Å². The first-order valence-corrected chi connectivity index (χ1v) is 7.47. The van der Waals surface area contributed by atoms with Crippen molar-refractivity contribution in [3.8, 4) is 5.75 Å². The number of ether oxygens (including phenoxy) is 2. The fraction of sp³-hybridized carbons (Fsp3) is 0.429. The fourth-order valence-electron chi connectivity index (χ4n) is 1.48. The molecule has 116 valence electrons. The highest BCUT2D eigenvalue weighted by atomic mass is 79.9. The van der Waals surface area contributed by atoms with Gasteiger partial charge < -0.3 is 9.47 Å². The second kappa shape index (κ2) is 9.36. The molecule has 0 fully saturated rings. The lowest BCUT2D eigenvalue weighted by molar-refractivity contribution is -0.122. The van der Waals surface area contributed by atoms with Crippen molar-refractivity contribution in [1.29, 1.82) is 0 Å². The van der Waals surface area contributed by atoms with Crippen LogP contribution < -0.4 is 15.6 Å². The maximum atomic E-state index is 11.9. The molecule has 2 amide bonds.